The van der Waals surface area contributed by atoms with E-state index in [1.54, 1.807) is 21.6 Å². The number of hydrogen-bond donors (Lipinski definition) is 5. The van der Waals surface area contributed by atoms with Crippen LogP contribution >= 0.6 is 0 Å². The lowest BCUT2D eigenvalue weighted by Crippen LogP contribution is -2.34. The third-order valence-corrected chi connectivity index (χ3v) is 11.7. The second-order valence-corrected chi connectivity index (χ2v) is 18.8. The fourth-order valence-electron chi connectivity index (χ4n) is 7.92. The molecule has 3 rings (SSSR count). The third-order valence-electron chi connectivity index (χ3n) is 11.7. The van der Waals surface area contributed by atoms with Gasteiger partial charge in [0.05, 0.1) is 38.5 Å². The zero-order chi connectivity index (χ0) is 60.0. The van der Waals surface area contributed by atoms with Gasteiger partial charge in [-0.25, -0.2) is 0 Å². The second kappa shape index (κ2) is 44.7. The molecule has 3 fully saturated rings. The molecule has 0 aromatic rings. The molecule has 6 atom stereocenters. The van der Waals surface area contributed by atoms with Crippen LogP contribution in [0.2, 0.25) is 0 Å². The number of aliphatic hydroxyl groups excluding tert-OH is 4. The van der Waals surface area contributed by atoms with Crippen LogP contribution in [0.25, 0.3) is 0 Å². The van der Waals surface area contributed by atoms with Crippen LogP contribution in [0.5, 0.6) is 0 Å². The molecule has 0 radical (unpaired) electrons. The number of esters is 2. The summed E-state index contributed by atoms with van der Waals surface area (Å²) in [4.78, 5) is 93.5. The highest BCUT2D eigenvalue weighted by atomic mass is 16.5. The zero-order valence-corrected chi connectivity index (χ0v) is 45.9. The van der Waals surface area contributed by atoms with Crippen molar-refractivity contribution in [2.75, 3.05) is 103 Å². The molecule has 3 saturated heterocycles. The lowest BCUT2D eigenvalue weighted by Gasteiger charge is -2.21. The summed E-state index contributed by atoms with van der Waals surface area (Å²) in [6.45, 7) is 6.34. The maximum absolute atomic E-state index is 12.4. The minimum atomic E-state index is -1.04. The molecule has 0 aromatic heterocycles. The molecule has 3 heterocycles. The van der Waals surface area contributed by atoms with Crippen LogP contribution in [0.3, 0.4) is 0 Å². The van der Waals surface area contributed by atoms with E-state index in [-0.39, 0.29) is 94.1 Å². The van der Waals surface area contributed by atoms with E-state index >= 15 is 0 Å². The average molecular weight is 1040 g/mol. The van der Waals surface area contributed by atoms with Crippen molar-refractivity contribution in [2.24, 2.45) is 0 Å². The molecule has 3 aliphatic rings. The SMILES string of the molecule is [2H]C[C@@H]1C[C@@H](O)CN1C(=O)CCCCCN(C)C.[2H]C[C@@H]1C[C@@H](OC(=O)CCC(=O)CC)CN1C(=O)CCCCCN(C)C.[2H]C[C@@H]1C[C@@H](OC(=O)CCC(=O)O)CN1C(=O)CCCCCN(C)C.[3H]OC.[3H]OC.[3H]OC. The molecule has 0 spiro atoms. The second-order valence-electron chi connectivity index (χ2n) is 18.8. The van der Waals surface area contributed by atoms with Gasteiger partial charge in [0.2, 0.25) is 22.0 Å². The summed E-state index contributed by atoms with van der Waals surface area (Å²) in [5.74, 6) is -1.79. The van der Waals surface area contributed by atoms with Crippen molar-refractivity contribution in [3.8, 4) is 0 Å². The van der Waals surface area contributed by atoms with E-state index in [9.17, 15) is 38.7 Å². The molecule has 424 valence electrons. The summed E-state index contributed by atoms with van der Waals surface area (Å²) in [7, 11) is 16.1. The number of nitrogens with zero attached hydrogens (tertiary/aromatic N) is 6. The Morgan fingerprint density at radius 1 is 0.528 bits per heavy atom. The molecule has 0 saturated carbocycles. The van der Waals surface area contributed by atoms with Gasteiger partial charge in [-0.1, -0.05) is 26.2 Å². The highest BCUT2D eigenvalue weighted by molar-refractivity contribution is 5.83. The number of ether oxygens (including phenoxy) is 2. The zero-order valence-electron chi connectivity index (χ0n) is 51.9. The fourth-order valence-corrected chi connectivity index (χ4v) is 7.92. The lowest BCUT2D eigenvalue weighted by atomic mass is 10.1. The Labute approximate surface area is 442 Å². The Kier molecular flexibility index (Phi) is 37.7. The number of likely N-dealkylation sites (tertiary alicyclic amines) is 3. The third kappa shape index (κ3) is 36.2. The van der Waals surface area contributed by atoms with E-state index in [1.807, 2.05) is 28.2 Å². The standard InChI is InChI=1S/C19H34N2O4.C17H30N2O5.C13H26N2O2.3CH4O/c1-5-16(22)10-11-19(24)25-17-13-15(2)21(14-17)18(23)9-7-6-8-12-20(3)4;1-13-11-14(24-17(23)9-8-16(21)22)12-19(13)15(20)7-5-4-6-10-18(2)3;1-11-9-12(16)10-15(11)13(17)7-5-4-6-8-14(2)3;3*1-2/h15,17H,5-14H2,1-4H3;13-14H,4-12H2,1-3H3,(H,21,22);11-12,16H,4-10H2,1-3H3;3*2H,1H3/t15-,17-;13-,14-;11-,12-;;;/m111.../s1/i2D;2*1D;3*2T. The number of β-amino-alcohol motifs (C(OH)–C–C–N with tert-alkyl or cyclic N) is 1. The molecule has 3 amide bonds. The maximum atomic E-state index is 12.4. The number of carbonyl (C=O) groups is 7. The molecule has 5 N–H and O–H groups in total. The first-order chi connectivity index (χ1) is 37.0. The van der Waals surface area contributed by atoms with Gasteiger partial charge in [0, 0.05) is 95.1 Å². The number of aliphatic hydroxyl groups is 4. The van der Waals surface area contributed by atoms with E-state index in [0.29, 0.717) is 64.6 Å². The van der Waals surface area contributed by atoms with Gasteiger partial charge in [-0.3, -0.25) is 33.6 Å². The van der Waals surface area contributed by atoms with Crippen molar-refractivity contribution < 1.29 is 72.7 Å². The van der Waals surface area contributed by atoms with Crippen LogP contribution in [0.4, 0.5) is 0 Å². The monoisotopic (exact) mass is 1040 g/mol. The Morgan fingerprint density at radius 2 is 0.861 bits per heavy atom. The summed E-state index contributed by atoms with van der Waals surface area (Å²) in [6, 6.07) is -0.486. The van der Waals surface area contributed by atoms with Gasteiger partial charge < -0.3 is 64.4 Å². The minimum absolute atomic E-state index is 0.00573. The molecule has 72 heavy (non-hydrogen) atoms. The number of ketones is 1. The Morgan fingerprint density at radius 3 is 1.18 bits per heavy atom. The summed E-state index contributed by atoms with van der Waals surface area (Å²) < 4.78 is 50.5. The number of carboxylic acid groups (broad SMARTS) is 1. The van der Waals surface area contributed by atoms with Gasteiger partial charge in [0.25, 0.3) is 0 Å². The highest BCUT2D eigenvalue weighted by Crippen LogP contribution is 2.24. The number of aliphatic carboxylic acids is 1. The van der Waals surface area contributed by atoms with E-state index in [2.05, 4.69) is 44.1 Å². The number of carboxylic acids is 1. The normalized spacial score (nSPS) is 20.9. The summed E-state index contributed by atoms with van der Waals surface area (Å²) in [5, 5.41) is 28.6. The molecular formula is C52H102N6O14. The molecule has 20 heteroatoms. The predicted molar refractivity (Wildman–Crippen MR) is 280 cm³/mol. The van der Waals surface area contributed by atoms with Crippen LogP contribution in [0, 0.1) is 0 Å². The molecule has 3 aliphatic heterocycles. The van der Waals surface area contributed by atoms with Gasteiger partial charge in [-0.15, -0.1) is 0 Å². The number of Topliss-reactive ketones (excluding diaryl/α,β-unsaturated/α-hetero) is 1. The van der Waals surface area contributed by atoms with Gasteiger partial charge in [0.15, 0.2) is 0 Å². The number of amides is 3. The number of carbonyl (C=O) groups excluding carboxylic acids is 6. The topological polar surface area (TPSA) is 259 Å². The predicted octanol–water partition coefficient (Wildman–Crippen LogP) is 3.82. The van der Waals surface area contributed by atoms with E-state index in [4.69, 9.17) is 23.0 Å². The molecule has 20 nitrogen and oxygen atoms in total. The van der Waals surface area contributed by atoms with Crippen molar-refractivity contribution >= 4 is 41.4 Å². The van der Waals surface area contributed by atoms with Crippen molar-refractivity contribution in [1.82, 2.24) is 29.4 Å². The minimum Gasteiger partial charge on any atom is -0.481 e. The average Bonchev–Trinajstić information content (AvgIpc) is 4.11. The largest absolute Gasteiger partial charge is 0.481 e. The highest BCUT2D eigenvalue weighted by Gasteiger charge is 2.36. The van der Waals surface area contributed by atoms with Crippen LogP contribution < -0.4 is 0 Å². The van der Waals surface area contributed by atoms with Crippen molar-refractivity contribution in [1.29, 1.82) is 4.29 Å². The van der Waals surface area contributed by atoms with Crippen molar-refractivity contribution in [2.45, 2.75) is 192 Å². The molecule has 0 unspecified atom stereocenters. The lowest BCUT2D eigenvalue weighted by molar-refractivity contribution is -0.152. The Balaban J connectivity index is -0.00000101. The number of hydrogen-bond acceptors (Lipinski definition) is 16. The van der Waals surface area contributed by atoms with Gasteiger partial charge >= 0.3 is 17.9 Å². The Bertz CT molecular complexity index is 1600. The van der Waals surface area contributed by atoms with Gasteiger partial charge in [0.1, 0.15) is 18.0 Å². The quantitative estimate of drug-likeness (QED) is 0.0579. The van der Waals surface area contributed by atoms with Crippen LogP contribution in [-0.2, 0) is 43.0 Å². The molecule has 0 aromatic carbocycles. The van der Waals surface area contributed by atoms with E-state index in [1.165, 1.54) is 21.3 Å². The fraction of sp³-hybridized carbons (Fsp3) is 0.865. The summed E-state index contributed by atoms with van der Waals surface area (Å²) in [5.41, 5.74) is 0. The molecule has 0 bridgehead atoms. The van der Waals surface area contributed by atoms with Gasteiger partial charge in [-0.2, -0.15) is 0 Å². The van der Waals surface area contributed by atoms with Crippen LogP contribution in [-0.4, -0.2) is 240 Å². The molecular weight excluding hydrogens is 933 g/mol. The van der Waals surface area contributed by atoms with E-state index in [0.717, 1.165) is 77.4 Å². The van der Waals surface area contributed by atoms with Crippen LogP contribution in [0.1, 0.15) is 160 Å². The number of unbranched alkanes of at least 4 members (excludes halogenated alkanes) is 6. The Hall–Kier alpha value is -3.79. The first-order valence-electron chi connectivity index (χ1n) is 28.8. The van der Waals surface area contributed by atoms with Crippen molar-refractivity contribution in [3.63, 3.8) is 0 Å². The van der Waals surface area contributed by atoms with Crippen LogP contribution in [0.15, 0.2) is 0 Å². The summed E-state index contributed by atoms with van der Waals surface area (Å²) >= 11 is 0. The molecule has 0 aliphatic carbocycles. The van der Waals surface area contributed by atoms with Crippen molar-refractivity contribution in [3.05, 3.63) is 0 Å². The maximum Gasteiger partial charge on any atom is 0.306 e. The first-order valence-corrected chi connectivity index (χ1v) is 25.5. The number of rotatable bonds is 27. The van der Waals surface area contributed by atoms with E-state index < -0.39 is 30.1 Å². The smallest absolute Gasteiger partial charge is 0.306 e. The van der Waals surface area contributed by atoms with Gasteiger partial charge in [-0.05, 0) is 128 Å². The first kappa shape index (κ1) is 60.8. The summed E-state index contributed by atoms with van der Waals surface area (Å²) in [6.07, 6.45) is 10.9.